The lowest BCUT2D eigenvalue weighted by Crippen LogP contribution is -2.05. The van der Waals surface area contributed by atoms with E-state index in [4.69, 9.17) is 4.74 Å². The number of hydrogen-bond acceptors (Lipinski definition) is 2. The van der Waals surface area contributed by atoms with Crippen molar-refractivity contribution in [2.24, 2.45) is 5.92 Å². The monoisotopic (exact) mass is 478 g/mol. The molecule has 0 bridgehead atoms. The van der Waals surface area contributed by atoms with Gasteiger partial charge in [0.15, 0.2) is 0 Å². The van der Waals surface area contributed by atoms with E-state index in [1.807, 2.05) is 0 Å². The minimum absolute atomic E-state index is 0.0130. The van der Waals surface area contributed by atoms with E-state index in [9.17, 15) is 4.79 Å². The zero-order valence-electron chi connectivity index (χ0n) is 23.7. The van der Waals surface area contributed by atoms with Crippen LogP contribution in [0.2, 0.25) is 0 Å². The van der Waals surface area contributed by atoms with Gasteiger partial charge < -0.3 is 4.74 Å². The topological polar surface area (TPSA) is 26.3 Å². The van der Waals surface area contributed by atoms with Crippen molar-refractivity contribution in [3.63, 3.8) is 0 Å². The molecule has 0 N–H and O–H groups in total. The number of rotatable bonds is 27. The average molecular weight is 479 g/mol. The molecule has 0 atom stereocenters. The van der Waals surface area contributed by atoms with Crippen molar-refractivity contribution in [2.75, 3.05) is 6.61 Å². The fraction of sp³-hybridized carbons (Fsp3) is 0.906. The maximum absolute atomic E-state index is 11.8. The van der Waals surface area contributed by atoms with Crippen LogP contribution in [-0.4, -0.2) is 12.6 Å². The van der Waals surface area contributed by atoms with Crippen molar-refractivity contribution >= 4 is 5.97 Å². The first-order chi connectivity index (χ1) is 16.7. The molecule has 0 saturated carbocycles. The Bertz CT molecular complexity index is 427. The van der Waals surface area contributed by atoms with Gasteiger partial charge in [0.1, 0.15) is 0 Å². The maximum Gasteiger partial charge on any atom is 0.305 e. The van der Waals surface area contributed by atoms with Crippen molar-refractivity contribution in [2.45, 2.75) is 175 Å². The van der Waals surface area contributed by atoms with Crippen molar-refractivity contribution in [3.8, 4) is 0 Å². The Hall–Kier alpha value is -0.790. The van der Waals surface area contributed by atoms with Crippen LogP contribution in [0.4, 0.5) is 0 Å². The highest BCUT2D eigenvalue weighted by molar-refractivity contribution is 5.69. The van der Waals surface area contributed by atoms with E-state index >= 15 is 0 Å². The van der Waals surface area contributed by atoms with Gasteiger partial charge >= 0.3 is 5.97 Å². The van der Waals surface area contributed by atoms with Gasteiger partial charge in [-0.1, -0.05) is 142 Å². The zero-order chi connectivity index (χ0) is 25.0. The largest absolute Gasteiger partial charge is 0.466 e. The molecule has 0 unspecified atom stereocenters. The van der Waals surface area contributed by atoms with Gasteiger partial charge in [0.25, 0.3) is 0 Å². The fourth-order valence-corrected chi connectivity index (χ4v) is 4.49. The predicted octanol–water partition coefficient (Wildman–Crippen LogP) is 11.1. The first kappa shape index (κ1) is 33.2. The van der Waals surface area contributed by atoms with Gasteiger partial charge in [0.2, 0.25) is 0 Å². The zero-order valence-corrected chi connectivity index (χ0v) is 23.7. The summed E-state index contributed by atoms with van der Waals surface area (Å²) in [6.45, 7) is 7.53. The summed E-state index contributed by atoms with van der Waals surface area (Å²) in [5.74, 6) is 0.870. The van der Waals surface area contributed by atoms with E-state index in [2.05, 4.69) is 32.9 Å². The number of allylic oxidation sites excluding steroid dienone is 2. The molecule has 0 spiro atoms. The minimum Gasteiger partial charge on any atom is -0.466 e. The summed E-state index contributed by atoms with van der Waals surface area (Å²) < 4.78 is 5.40. The highest BCUT2D eigenvalue weighted by atomic mass is 16.5. The van der Waals surface area contributed by atoms with Crippen molar-refractivity contribution in [1.29, 1.82) is 0 Å². The van der Waals surface area contributed by atoms with Crippen LogP contribution in [-0.2, 0) is 9.53 Å². The molecule has 202 valence electrons. The van der Waals surface area contributed by atoms with Crippen molar-refractivity contribution < 1.29 is 9.53 Å². The lowest BCUT2D eigenvalue weighted by atomic mass is 10.0. The normalized spacial score (nSPS) is 11.6. The average Bonchev–Trinajstić information content (AvgIpc) is 2.82. The van der Waals surface area contributed by atoms with E-state index in [0.29, 0.717) is 13.0 Å². The second kappa shape index (κ2) is 28.4. The Balaban J connectivity index is 3.21. The summed E-state index contributed by atoms with van der Waals surface area (Å²) in [5, 5.41) is 0. The van der Waals surface area contributed by atoms with E-state index in [0.717, 1.165) is 25.2 Å². The Morgan fingerprint density at radius 3 is 1.56 bits per heavy atom. The lowest BCUT2D eigenvalue weighted by molar-refractivity contribution is -0.143. The van der Waals surface area contributed by atoms with Crippen LogP contribution in [0.1, 0.15) is 175 Å². The smallest absolute Gasteiger partial charge is 0.305 e. The third kappa shape index (κ3) is 29.2. The molecule has 0 aliphatic carbocycles. The molecule has 2 nitrogen and oxygen atoms in total. The molecule has 2 heteroatoms. The van der Waals surface area contributed by atoms with E-state index in [1.165, 1.54) is 128 Å². The van der Waals surface area contributed by atoms with Crippen LogP contribution in [0.15, 0.2) is 12.2 Å². The summed E-state index contributed by atoms with van der Waals surface area (Å²) in [4.78, 5) is 11.8. The van der Waals surface area contributed by atoms with Crippen LogP contribution < -0.4 is 0 Å². The molecule has 0 aromatic heterocycles. The van der Waals surface area contributed by atoms with Gasteiger partial charge in [-0.3, -0.25) is 4.79 Å². The van der Waals surface area contributed by atoms with Crippen LogP contribution in [0.3, 0.4) is 0 Å². The number of hydrogen-bond donors (Lipinski definition) is 0. The molecule has 0 fully saturated rings. The molecule has 0 aromatic carbocycles. The SMILES string of the molecule is CCCCCCCCC=CCCCCCCCC(=O)OCCCCCCCCCCCC(C)C. The number of unbranched alkanes of at least 4 members (excludes halogenated alkanes) is 19. The third-order valence-corrected chi connectivity index (χ3v) is 6.83. The predicted molar refractivity (Wildman–Crippen MR) is 151 cm³/mol. The number of carbonyl (C=O) groups is 1. The summed E-state index contributed by atoms with van der Waals surface area (Å²) in [5.41, 5.74) is 0. The Labute approximate surface area is 215 Å². The second-order valence-electron chi connectivity index (χ2n) is 10.9. The van der Waals surface area contributed by atoms with E-state index < -0.39 is 0 Å². The summed E-state index contributed by atoms with van der Waals surface area (Å²) in [6.07, 6.45) is 35.3. The molecule has 0 aromatic rings. The van der Waals surface area contributed by atoms with Crippen molar-refractivity contribution in [1.82, 2.24) is 0 Å². The first-order valence-electron chi connectivity index (χ1n) is 15.5. The lowest BCUT2D eigenvalue weighted by Gasteiger charge is -2.06. The van der Waals surface area contributed by atoms with Gasteiger partial charge in [0, 0.05) is 6.42 Å². The summed E-state index contributed by atoms with van der Waals surface area (Å²) >= 11 is 0. The molecule has 0 aliphatic heterocycles. The van der Waals surface area contributed by atoms with Gasteiger partial charge in [-0.25, -0.2) is 0 Å². The van der Waals surface area contributed by atoms with E-state index in [-0.39, 0.29) is 5.97 Å². The van der Waals surface area contributed by atoms with Crippen LogP contribution in [0.25, 0.3) is 0 Å². The molecule has 0 rings (SSSR count). The van der Waals surface area contributed by atoms with Gasteiger partial charge in [-0.15, -0.1) is 0 Å². The number of esters is 1. The fourth-order valence-electron chi connectivity index (χ4n) is 4.49. The molecular weight excluding hydrogens is 416 g/mol. The van der Waals surface area contributed by atoms with Crippen LogP contribution >= 0.6 is 0 Å². The third-order valence-electron chi connectivity index (χ3n) is 6.83. The van der Waals surface area contributed by atoms with Crippen LogP contribution in [0.5, 0.6) is 0 Å². The molecule has 0 saturated heterocycles. The van der Waals surface area contributed by atoms with Gasteiger partial charge in [0.05, 0.1) is 6.61 Å². The van der Waals surface area contributed by atoms with Crippen molar-refractivity contribution in [3.05, 3.63) is 12.2 Å². The van der Waals surface area contributed by atoms with Crippen LogP contribution in [0, 0.1) is 5.92 Å². The maximum atomic E-state index is 11.8. The number of ether oxygens (including phenoxy) is 1. The standard InChI is InChI=1S/C32H62O2/c1-4-5-6-7-8-9-10-11-12-13-14-17-20-23-26-29-32(33)34-30-27-24-21-18-15-16-19-22-25-28-31(2)3/h11-12,31H,4-10,13-30H2,1-3H3. The van der Waals surface area contributed by atoms with E-state index in [1.54, 1.807) is 0 Å². The summed E-state index contributed by atoms with van der Waals surface area (Å²) in [6, 6.07) is 0. The summed E-state index contributed by atoms with van der Waals surface area (Å²) in [7, 11) is 0. The molecule has 0 amide bonds. The second-order valence-corrected chi connectivity index (χ2v) is 10.9. The Morgan fingerprint density at radius 1 is 0.588 bits per heavy atom. The number of carbonyl (C=O) groups excluding carboxylic acids is 1. The minimum atomic E-state index is 0.0130. The molecule has 0 heterocycles. The van der Waals surface area contributed by atoms with Gasteiger partial charge in [-0.2, -0.15) is 0 Å². The Kier molecular flexibility index (Phi) is 27.8. The highest BCUT2D eigenvalue weighted by Crippen LogP contribution is 2.13. The molecular formula is C32H62O2. The first-order valence-corrected chi connectivity index (χ1v) is 15.5. The highest BCUT2D eigenvalue weighted by Gasteiger charge is 2.02. The molecule has 34 heavy (non-hydrogen) atoms. The Morgan fingerprint density at radius 2 is 1.03 bits per heavy atom. The van der Waals surface area contributed by atoms with Gasteiger partial charge in [-0.05, 0) is 44.4 Å². The quantitative estimate of drug-likeness (QED) is 0.0666. The molecule has 0 aliphatic rings. The molecule has 0 radical (unpaired) electrons.